The largest absolute Gasteiger partial charge is 0.325 e. The Hall–Kier alpha value is -2.60. The molecule has 1 heterocycles. The first-order valence-corrected chi connectivity index (χ1v) is 10.3. The highest BCUT2D eigenvalue weighted by Gasteiger charge is 2.19. The van der Waals surface area contributed by atoms with Crippen molar-refractivity contribution in [3.8, 4) is 0 Å². The van der Waals surface area contributed by atoms with Crippen LogP contribution in [0, 0.1) is 0 Å². The molecule has 1 N–H and O–H groups in total. The van der Waals surface area contributed by atoms with Gasteiger partial charge in [-0.2, -0.15) is 0 Å². The number of benzene rings is 2. The lowest BCUT2D eigenvalue weighted by atomic mass is 10.0. The molecule has 0 spiro atoms. The Morgan fingerprint density at radius 1 is 1.04 bits per heavy atom. The number of rotatable bonds is 7. The van der Waals surface area contributed by atoms with Crippen LogP contribution >= 0.6 is 11.8 Å². The summed E-state index contributed by atoms with van der Waals surface area (Å²) in [6.07, 6.45) is 0.716. The zero-order valence-corrected chi connectivity index (χ0v) is 17.5. The second-order valence-electron chi connectivity index (χ2n) is 7.15. The maximum Gasteiger partial charge on any atom is 0.237 e. The number of amides is 1. The fraction of sp³-hybridized carbons (Fsp3) is 0.318. The predicted molar refractivity (Wildman–Crippen MR) is 115 cm³/mol. The highest BCUT2D eigenvalue weighted by molar-refractivity contribution is 8.00. The van der Waals surface area contributed by atoms with E-state index in [9.17, 15) is 4.79 Å². The first kappa shape index (κ1) is 20.1. The van der Waals surface area contributed by atoms with Gasteiger partial charge in [0, 0.05) is 19.2 Å². The maximum absolute atomic E-state index is 12.6. The molecule has 3 aromatic rings. The number of thioether (sulfide) groups is 1. The lowest BCUT2D eigenvalue weighted by Crippen LogP contribution is -2.22. The van der Waals surface area contributed by atoms with Crippen molar-refractivity contribution in [3.63, 3.8) is 0 Å². The summed E-state index contributed by atoms with van der Waals surface area (Å²) in [5.74, 6) is 1.31. The lowest BCUT2D eigenvalue weighted by molar-refractivity contribution is -0.115. The monoisotopic (exact) mass is 394 g/mol. The Balaban J connectivity index is 1.61. The smallest absolute Gasteiger partial charge is 0.237 e. The fourth-order valence-corrected chi connectivity index (χ4v) is 3.62. The number of nitrogens with one attached hydrogen (secondary N) is 1. The van der Waals surface area contributed by atoms with Crippen molar-refractivity contribution in [3.05, 3.63) is 71.5 Å². The molecule has 0 aliphatic carbocycles. The number of carbonyl (C=O) groups is 1. The molecular formula is C22H26N4OS. The van der Waals surface area contributed by atoms with E-state index in [4.69, 9.17) is 0 Å². The minimum atomic E-state index is -0.280. The Morgan fingerprint density at radius 3 is 2.36 bits per heavy atom. The van der Waals surface area contributed by atoms with Crippen molar-refractivity contribution in [2.45, 2.75) is 43.5 Å². The number of carbonyl (C=O) groups excluding carboxylic acids is 1. The molecule has 0 bridgehead atoms. The van der Waals surface area contributed by atoms with Gasteiger partial charge >= 0.3 is 0 Å². The molecule has 0 saturated carbocycles. The molecule has 146 valence electrons. The van der Waals surface area contributed by atoms with Crippen LogP contribution in [0.25, 0.3) is 0 Å². The van der Waals surface area contributed by atoms with Crippen LogP contribution in [0.5, 0.6) is 0 Å². The van der Waals surface area contributed by atoms with E-state index < -0.39 is 0 Å². The van der Waals surface area contributed by atoms with Crippen LogP contribution in [0.15, 0.2) is 59.8 Å². The van der Waals surface area contributed by atoms with Gasteiger partial charge in [-0.15, -0.1) is 10.2 Å². The quantitative estimate of drug-likeness (QED) is 0.593. The third kappa shape index (κ3) is 5.01. The van der Waals surface area contributed by atoms with Crippen LogP contribution in [0.3, 0.4) is 0 Å². The van der Waals surface area contributed by atoms with Crippen LogP contribution < -0.4 is 5.32 Å². The zero-order chi connectivity index (χ0) is 20.1. The van der Waals surface area contributed by atoms with Gasteiger partial charge in [-0.05, 0) is 36.1 Å². The summed E-state index contributed by atoms with van der Waals surface area (Å²) >= 11 is 1.41. The van der Waals surface area contributed by atoms with Gasteiger partial charge in [0.25, 0.3) is 0 Å². The molecule has 0 aliphatic rings. The van der Waals surface area contributed by atoms with E-state index in [1.54, 1.807) is 0 Å². The molecule has 0 fully saturated rings. The second kappa shape index (κ2) is 9.06. The molecule has 1 aromatic heterocycles. The van der Waals surface area contributed by atoms with Gasteiger partial charge in [-0.3, -0.25) is 4.79 Å². The fourth-order valence-electron chi connectivity index (χ4n) is 2.79. The topological polar surface area (TPSA) is 59.8 Å². The Morgan fingerprint density at radius 2 is 1.71 bits per heavy atom. The highest BCUT2D eigenvalue weighted by Crippen LogP contribution is 2.24. The number of nitrogens with zero attached hydrogens (tertiary/aromatic N) is 3. The van der Waals surface area contributed by atoms with Crippen molar-refractivity contribution in [1.29, 1.82) is 0 Å². The Bertz CT molecular complexity index is 919. The van der Waals surface area contributed by atoms with Crippen molar-refractivity contribution in [2.75, 3.05) is 5.32 Å². The molecule has 5 nitrogen and oxygen atoms in total. The number of anilines is 1. The molecule has 0 unspecified atom stereocenters. The minimum absolute atomic E-state index is 0.0464. The summed E-state index contributed by atoms with van der Waals surface area (Å²) in [6, 6.07) is 18.2. The van der Waals surface area contributed by atoms with Crippen LogP contribution in [-0.4, -0.2) is 25.9 Å². The summed E-state index contributed by atoms with van der Waals surface area (Å²) in [5.41, 5.74) is 3.25. The summed E-state index contributed by atoms with van der Waals surface area (Å²) in [5, 5.41) is 12.0. The molecule has 0 aliphatic heterocycles. The summed E-state index contributed by atoms with van der Waals surface area (Å²) < 4.78 is 1.96. The Labute approximate surface area is 170 Å². The van der Waals surface area contributed by atoms with Crippen LogP contribution in [0.4, 0.5) is 5.69 Å². The molecule has 3 rings (SSSR count). The van der Waals surface area contributed by atoms with Crippen molar-refractivity contribution >= 4 is 23.4 Å². The highest BCUT2D eigenvalue weighted by atomic mass is 32.2. The van der Waals surface area contributed by atoms with Gasteiger partial charge in [0.05, 0.1) is 5.25 Å². The molecule has 28 heavy (non-hydrogen) atoms. The van der Waals surface area contributed by atoms with Gasteiger partial charge in [0.1, 0.15) is 5.82 Å². The van der Waals surface area contributed by atoms with Crippen LogP contribution in [0.2, 0.25) is 0 Å². The summed E-state index contributed by atoms with van der Waals surface area (Å²) in [6.45, 7) is 6.19. The van der Waals surface area contributed by atoms with Gasteiger partial charge in [-0.1, -0.05) is 68.1 Å². The third-order valence-electron chi connectivity index (χ3n) is 4.63. The molecule has 2 aromatic carbocycles. The molecule has 1 amide bonds. The molecule has 1 atom stereocenters. The number of hydrogen-bond acceptors (Lipinski definition) is 4. The first-order chi connectivity index (χ1) is 13.4. The average molecular weight is 395 g/mol. The van der Waals surface area contributed by atoms with Gasteiger partial charge in [0.2, 0.25) is 5.91 Å². The predicted octanol–water partition coefficient (Wildman–Crippen LogP) is 4.65. The molecular weight excluding hydrogens is 368 g/mol. The van der Waals surface area contributed by atoms with E-state index in [-0.39, 0.29) is 11.2 Å². The van der Waals surface area contributed by atoms with E-state index >= 15 is 0 Å². The lowest BCUT2D eigenvalue weighted by Gasteiger charge is -2.12. The van der Waals surface area contributed by atoms with E-state index in [1.165, 1.54) is 22.9 Å². The van der Waals surface area contributed by atoms with E-state index in [1.807, 2.05) is 48.9 Å². The van der Waals surface area contributed by atoms with Crippen molar-refractivity contribution < 1.29 is 4.79 Å². The average Bonchev–Trinajstić information content (AvgIpc) is 3.02. The van der Waals surface area contributed by atoms with Crippen LogP contribution in [0.1, 0.15) is 43.6 Å². The SMILES string of the molecule is CC(C)c1ccc(NC(=O)[C@@H](C)Sc2nnc(Cc3ccccc3)n2C)cc1. The first-order valence-electron chi connectivity index (χ1n) is 9.43. The van der Waals surface area contributed by atoms with Crippen LogP contribution in [-0.2, 0) is 18.3 Å². The van der Waals surface area contributed by atoms with E-state index in [2.05, 4.69) is 53.6 Å². The van der Waals surface area contributed by atoms with Crippen molar-refractivity contribution in [1.82, 2.24) is 14.8 Å². The number of hydrogen-bond donors (Lipinski definition) is 1. The van der Waals surface area contributed by atoms with Gasteiger partial charge < -0.3 is 9.88 Å². The standard InChI is InChI=1S/C22H26N4OS/c1-15(2)18-10-12-19(13-11-18)23-21(27)16(3)28-22-25-24-20(26(22)4)14-17-8-6-5-7-9-17/h5-13,15-16H,14H2,1-4H3,(H,23,27)/t16-/m1/s1. The van der Waals surface area contributed by atoms with Crippen molar-refractivity contribution in [2.24, 2.45) is 7.05 Å². The molecule has 0 radical (unpaired) electrons. The zero-order valence-electron chi connectivity index (χ0n) is 16.7. The van der Waals surface area contributed by atoms with Gasteiger partial charge in [-0.25, -0.2) is 0 Å². The van der Waals surface area contributed by atoms with E-state index in [0.29, 0.717) is 12.3 Å². The molecule has 6 heteroatoms. The summed E-state index contributed by atoms with van der Waals surface area (Å²) in [7, 11) is 1.94. The molecule has 0 saturated heterocycles. The minimum Gasteiger partial charge on any atom is -0.325 e. The maximum atomic E-state index is 12.6. The second-order valence-corrected chi connectivity index (χ2v) is 8.45. The van der Waals surface area contributed by atoms with Gasteiger partial charge in [0.15, 0.2) is 5.16 Å². The Kier molecular flexibility index (Phi) is 6.52. The normalized spacial score (nSPS) is 12.2. The third-order valence-corrected chi connectivity index (χ3v) is 5.76. The summed E-state index contributed by atoms with van der Waals surface area (Å²) in [4.78, 5) is 12.6. The van der Waals surface area contributed by atoms with E-state index in [0.717, 1.165) is 16.7 Å². The number of aromatic nitrogens is 3.